The summed E-state index contributed by atoms with van der Waals surface area (Å²) >= 11 is 0. The summed E-state index contributed by atoms with van der Waals surface area (Å²) in [7, 11) is -3.15. The number of halogens is 1. The lowest BCUT2D eigenvalue weighted by Crippen LogP contribution is -2.41. The molecule has 0 spiro atoms. The summed E-state index contributed by atoms with van der Waals surface area (Å²) in [6.45, 7) is 0.419. The molecule has 1 fully saturated rings. The van der Waals surface area contributed by atoms with Crippen LogP contribution in [0.1, 0.15) is 18.5 Å². The van der Waals surface area contributed by atoms with E-state index in [1.807, 2.05) is 24.4 Å². The van der Waals surface area contributed by atoms with Crippen molar-refractivity contribution in [3.05, 3.63) is 54.6 Å². The fourth-order valence-corrected chi connectivity index (χ4v) is 4.64. The van der Waals surface area contributed by atoms with E-state index in [0.717, 1.165) is 40.4 Å². The molecule has 0 amide bonds. The van der Waals surface area contributed by atoms with Crippen LogP contribution in [0.5, 0.6) is 0 Å². The van der Waals surface area contributed by atoms with Gasteiger partial charge >= 0.3 is 0 Å². The predicted molar refractivity (Wildman–Crippen MR) is 113 cm³/mol. The lowest BCUT2D eigenvalue weighted by atomic mass is 9.99. The van der Waals surface area contributed by atoms with Gasteiger partial charge in [-0.25, -0.2) is 17.1 Å². The SMILES string of the molecule is CS(=O)(=O)N1CCC(Nc2cc(-c3ccnc(CF)c3)cc3ccncc23)CC1. The average Bonchev–Trinajstić information content (AvgIpc) is 2.73. The molecule has 3 heterocycles. The fourth-order valence-electron chi connectivity index (χ4n) is 3.77. The highest BCUT2D eigenvalue weighted by atomic mass is 32.2. The van der Waals surface area contributed by atoms with E-state index in [1.165, 1.54) is 10.6 Å². The first-order valence-corrected chi connectivity index (χ1v) is 11.4. The third kappa shape index (κ3) is 4.38. The maximum absolute atomic E-state index is 13.0. The molecule has 0 bridgehead atoms. The number of hydrogen-bond donors (Lipinski definition) is 1. The summed E-state index contributed by atoms with van der Waals surface area (Å²) in [4.78, 5) is 8.29. The van der Waals surface area contributed by atoms with E-state index >= 15 is 0 Å². The molecule has 1 N–H and O–H groups in total. The van der Waals surface area contributed by atoms with Gasteiger partial charge in [0.15, 0.2) is 0 Å². The van der Waals surface area contributed by atoms with Gasteiger partial charge in [0.1, 0.15) is 6.67 Å². The van der Waals surface area contributed by atoms with Crippen LogP contribution in [0.3, 0.4) is 0 Å². The van der Waals surface area contributed by atoms with E-state index in [-0.39, 0.29) is 6.04 Å². The van der Waals surface area contributed by atoms with Gasteiger partial charge in [0, 0.05) is 48.8 Å². The molecule has 29 heavy (non-hydrogen) atoms. The lowest BCUT2D eigenvalue weighted by Gasteiger charge is -2.31. The molecular weight excluding hydrogens is 391 g/mol. The van der Waals surface area contributed by atoms with Gasteiger partial charge in [0.05, 0.1) is 11.9 Å². The number of nitrogens with one attached hydrogen (secondary N) is 1. The molecule has 1 aromatic carbocycles. The molecule has 8 heteroatoms. The summed E-state index contributed by atoms with van der Waals surface area (Å²) in [5.74, 6) is 0. The summed E-state index contributed by atoms with van der Waals surface area (Å²) in [5, 5.41) is 5.62. The van der Waals surface area contributed by atoms with Gasteiger partial charge in [-0.3, -0.25) is 9.97 Å². The van der Waals surface area contributed by atoms with Crippen LogP contribution < -0.4 is 5.32 Å². The molecule has 0 radical (unpaired) electrons. The summed E-state index contributed by atoms with van der Waals surface area (Å²) in [5.41, 5.74) is 3.22. The van der Waals surface area contributed by atoms with Gasteiger partial charge in [0.25, 0.3) is 0 Å². The molecule has 3 aromatic rings. The fraction of sp³-hybridized carbons (Fsp3) is 0.333. The number of nitrogens with zero attached hydrogens (tertiary/aromatic N) is 3. The Hall–Kier alpha value is -2.58. The predicted octanol–water partition coefficient (Wildman–Crippen LogP) is 3.60. The van der Waals surface area contributed by atoms with Crippen LogP contribution in [0.25, 0.3) is 21.9 Å². The second kappa shape index (κ2) is 8.04. The lowest BCUT2D eigenvalue weighted by molar-refractivity contribution is 0.332. The number of fused-ring (bicyclic) bond motifs is 1. The highest BCUT2D eigenvalue weighted by Gasteiger charge is 2.25. The standard InChI is InChI=1S/C21H23FN4O2S/c1-29(27,28)26-8-4-18(5-9-26)25-21-12-17(10-16-2-6-23-14-20(16)21)15-3-7-24-19(11-15)13-22/h2-3,6-7,10-12,14,18,25H,4-5,8-9,13H2,1H3. The Labute approximate surface area is 169 Å². The van der Waals surface area contributed by atoms with Gasteiger partial charge in [-0.1, -0.05) is 0 Å². The van der Waals surface area contributed by atoms with Crippen molar-refractivity contribution in [2.45, 2.75) is 25.6 Å². The topological polar surface area (TPSA) is 75.2 Å². The number of piperidine rings is 1. The van der Waals surface area contributed by atoms with Crippen LogP contribution in [0, 0.1) is 0 Å². The van der Waals surface area contributed by atoms with Crippen LogP contribution in [0.4, 0.5) is 10.1 Å². The van der Waals surface area contributed by atoms with Gasteiger partial charge in [-0.05, 0) is 59.7 Å². The van der Waals surface area contributed by atoms with Gasteiger partial charge in [-0.15, -0.1) is 0 Å². The number of anilines is 1. The van der Waals surface area contributed by atoms with Crippen molar-refractivity contribution in [3.8, 4) is 11.1 Å². The molecule has 152 valence electrons. The van der Waals surface area contributed by atoms with Gasteiger partial charge < -0.3 is 5.32 Å². The van der Waals surface area contributed by atoms with Crippen LogP contribution in [-0.2, 0) is 16.7 Å². The number of pyridine rings is 2. The zero-order chi connectivity index (χ0) is 20.4. The van der Waals surface area contributed by atoms with Gasteiger partial charge in [0.2, 0.25) is 10.0 Å². The van der Waals surface area contributed by atoms with E-state index in [2.05, 4.69) is 21.4 Å². The summed E-state index contributed by atoms with van der Waals surface area (Å²) in [6.07, 6.45) is 7.92. The Bertz CT molecular complexity index is 1130. The first-order chi connectivity index (χ1) is 13.9. The molecule has 1 aliphatic heterocycles. The number of alkyl halides is 1. The van der Waals surface area contributed by atoms with E-state index in [9.17, 15) is 12.8 Å². The summed E-state index contributed by atoms with van der Waals surface area (Å²) < 4.78 is 38.1. The largest absolute Gasteiger partial charge is 0.382 e. The quantitative estimate of drug-likeness (QED) is 0.690. The number of sulfonamides is 1. The second-order valence-corrected chi connectivity index (χ2v) is 9.35. The molecule has 0 aliphatic carbocycles. The normalized spacial score (nSPS) is 16.2. The minimum Gasteiger partial charge on any atom is -0.382 e. The van der Waals surface area contributed by atoms with E-state index in [4.69, 9.17) is 0 Å². The Morgan fingerprint density at radius 1 is 1.14 bits per heavy atom. The highest BCUT2D eigenvalue weighted by Crippen LogP contribution is 2.32. The molecular formula is C21H23FN4O2S. The minimum atomic E-state index is -3.15. The van der Waals surface area contributed by atoms with E-state index in [0.29, 0.717) is 18.8 Å². The average molecular weight is 415 g/mol. The molecule has 0 atom stereocenters. The van der Waals surface area contributed by atoms with Crippen molar-refractivity contribution in [1.82, 2.24) is 14.3 Å². The molecule has 1 saturated heterocycles. The zero-order valence-electron chi connectivity index (χ0n) is 16.2. The van der Waals surface area contributed by atoms with Crippen molar-refractivity contribution in [1.29, 1.82) is 0 Å². The number of rotatable bonds is 5. The third-order valence-electron chi connectivity index (χ3n) is 5.33. The van der Waals surface area contributed by atoms with Gasteiger partial charge in [-0.2, -0.15) is 0 Å². The molecule has 6 nitrogen and oxygen atoms in total. The Kier molecular flexibility index (Phi) is 5.47. The monoisotopic (exact) mass is 414 g/mol. The smallest absolute Gasteiger partial charge is 0.211 e. The van der Waals surface area contributed by atoms with Crippen molar-refractivity contribution in [2.24, 2.45) is 0 Å². The molecule has 1 aliphatic rings. The molecule has 0 unspecified atom stereocenters. The third-order valence-corrected chi connectivity index (χ3v) is 6.63. The maximum Gasteiger partial charge on any atom is 0.211 e. The van der Waals surface area contributed by atoms with Crippen molar-refractivity contribution in [2.75, 3.05) is 24.7 Å². The summed E-state index contributed by atoms with van der Waals surface area (Å²) in [6, 6.07) is 9.86. The second-order valence-electron chi connectivity index (χ2n) is 7.37. The Morgan fingerprint density at radius 2 is 1.93 bits per heavy atom. The molecule has 4 rings (SSSR count). The maximum atomic E-state index is 13.0. The van der Waals surface area contributed by atoms with Crippen molar-refractivity contribution < 1.29 is 12.8 Å². The zero-order valence-corrected chi connectivity index (χ0v) is 17.0. The van der Waals surface area contributed by atoms with Crippen LogP contribution >= 0.6 is 0 Å². The number of hydrogen-bond acceptors (Lipinski definition) is 5. The minimum absolute atomic E-state index is 0.172. The highest BCUT2D eigenvalue weighted by molar-refractivity contribution is 7.88. The van der Waals surface area contributed by atoms with E-state index in [1.54, 1.807) is 18.5 Å². The van der Waals surface area contributed by atoms with E-state index < -0.39 is 16.7 Å². The number of aromatic nitrogens is 2. The Morgan fingerprint density at radius 3 is 2.66 bits per heavy atom. The van der Waals surface area contributed by atoms with Crippen molar-refractivity contribution >= 4 is 26.5 Å². The molecule has 2 aromatic heterocycles. The Balaban J connectivity index is 1.65. The first-order valence-electron chi connectivity index (χ1n) is 9.55. The van der Waals surface area contributed by atoms with Crippen LogP contribution in [0.15, 0.2) is 48.9 Å². The van der Waals surface area contributed by atoms with Crippen LogP contribution in [0.2, 0.25) is 0 Å². The molecule has 0 saturated carbocycles. The number of benzene rings is 1. The van der Waals surface area contributed by atoms with Crippen LogP contribution in [-0.4, -0.2) is 48.1 Å². The van der Waals surface area contributed by atoms with Crippen molar-refractivity contribution in [3.63, 3.8) is 0 Å². The first kappa shape index (κ1) is 19.7.